The van der Waals surface area contributed by atoms with E-state index in [0.29, 0.717) is 5.78 Å². The Bertz CT molecular complexity index is 299. The topological polar surface area (TPSA) is 54.4 Å². The molecule has 3 nitrogen and oxygen atoms in total. The zero-order valence-electron chi connectivity index (χ0n) is 15.4. The van der Waals surface area contributed by atoms with Crippen LogP contribution in [-0.2, 0) is 9.59 Å². The van der Waals surface area contributed by atoms with Crippen molar-refractivity contribution in [2.45, 2.75) is 110 Å². The number of carbonyl (C=O) groups is 2. The van der Waals surface area contributed by atoms with Crippen molar-refractivity contribution in [3.05, 3.63) is 0 Å². The standard InChI is InChI=1S/C20H38O3/c1-3-4-5-6-7-10-13-16-19(21)18(2)15-12-9-8-11-14-17-20(22)23/h18H,3-17H2,1-2H3,(H,22,23). The van der Waals surface area contributed by atoms with Gasteiger partial charge in [-0.1, -0.05) is 78.1 Å². The van der Waals surface area contributed by atoms with E-state index in [9.17, 15) is 9.59 Å². The summed E-state index contributed by atoms with van der Waals surface area (Å²) < 4.78 is 0. The van der Waals surface area contributed by atoms with Crippen LogP contribution in [0.5, 0.6) is 0 Å². The summed E-state index contributed by atoms with van der Waals surface area (Å²) in [6.07, 6.45) is 15.9. The van der Waals surface area contributed by atoms with Gasteiger partial charge in [-0.25, -0.2) is 0 Å². The Morgan fingerprint density at radius 2 is 1.22 bits per heavy atom. The monoisotopic (exact) mass is 326 g/mol. The first-order valence-corrected chi connectivity index (χ1v) is 9.82. The maximum atomic E-state index is 12.1. The number of rotatable bonds is 17. The van der Waals surface area contributed by atoms with Gasteiger partial charge in [0.2, 0.25) is 0 Å². The lowest BCUT2D eigenvalue weighted by Gasteiger charge is -2.10. The zero-order valence-corrected chi connectivity index (χ0v) is 15.4. The Morgan fingerprint density at radius 1 is 0.739 bits per heavy atom. The number of carboxylic acid groups (broad SMARTS) is 1. The molecule has 0 aliphatic heterocycles. The molecule has 0 aliphatic rings. The molecule has 0 aromatic carbocycles. The van der Waals surface area contributed by atoms with Gasteiger partial charge in [-0.15, -0.1) is 0 Å². The van der Waals surface area contributed by atoms with Gasteiger partial charge in [0, 0.05) is 18.8 Å². The molecule has 0 bridgehead atoms. The third-order valence-electron chi connectivity index (χ3n) is 4.60. The van der Waals surface area contributed by atoms with Crippen LogP contribution < -0.4 is 0 Å². The summed E-state index contributed by atoms with van der Waals surface area (Å²) in [4.78, 5) is 22.4. The highest BCUT2D eigenvalue weighted by Crippen LogP contribution is 2.16. The number of hydrogen-bond acceptors (Lipinski definition) is 2. The molecule has 0 aromatic heterocycles. The number of Topliss-reactive ketones (excluding diaryl/α,β-unsaturated/α-hetero) is 1. The number of aliphatic carboxylic acids is 1. The van der Waals surface area contributed by atoms with E-state index in [1.54, 1.807) is 0 Å². The molecule has 0 saturated carbocycles. The molecule has 1 N–H and O–H groups in total. The summed E-state index contributed by atoms with van der Waals surface area (Å²) in [7, 11) is 0. The van der Waals surface area contributed by atoms with Crippen molar-refractivity contribution in [3.8, 4) is 0 Å². The molecule has 1 unspecified atom stereocenters. The fraction of sp³-hybridized carbons (Fsp3) is 0.900. The van der Waals surface area contributed by atoms with Gasteiger partial charge in [0.15, 0.2) is 0 Å². The van der Waals surface area contributed by atoms with E-state index in [0.717, 1.165) is 51.4 Å². The normalized spacial score (nSPS) is 12.3. The predicted molar refractivity (Wildman–Crippen MR) is 96.7 cm³/mol. The molecule has 0 saturated heterocycles. The minimum absolute atomic E-state index is 0.203. The van der Waals surface area contributed by atoms with Crippen molar-refractivity contribution in [3.63, 3.8) is 0 Å². The minimum Gasteiger partial charge on any atom is -0.481 e. The maximum Gasteiger partial charge on any atom is 0.303 e. The van der Waals surface area contributed by atoms with Crippen LogP contribution >= 0.6 is 0 Å². The van der Waals surface area contributed by atoms with Gasteiger partial charge in [-0.3, -0.25) is 9.59 Å². The molecule has 0 fully saturated rings. The molecule has 1 atom stereocenters. The molecule has 136 valence electrons. The van der Waals surface area contributed by atoms with Crippen LogP contribution in [0.15, 0.2) is 0 Å². The zero-order chi connectivity index (χ0) is 17.3. The second kappa shape index (κ2) is 16.0. The van der Waals surface area contributed by atoms with E-state index < -0.39 is 5.97 Å². The van der Waals surface area contributed by atoms with E-state index in [1.165, 1.54) is 38.5 Å². The average Bonchev–Trinajstić information content (AvgIpc) is 2.52. The molecule has 0 spiro atoms. The lowest BCUT2D eigenvalue weighted by molar-refractivity contribution is -0.137. The maximum absolute atomic E-state index is 12.1. The molecule has 0 heterocycles. The molecule has 0 aromatic rings. The number of unbranched alkanes of at least 4 members (excludes halogenated alkanes) is 10. The SMILES string of the molecule is CCCCCCCCCC(=O)C(C)CCCCCCCC(=O)O. The van der Waals surface area contributed by atoms with Crippen LogP contribution in [0.2, 0.25) is 0 Å². The first-order chi connectivity index (χ1) is 11.1. The predicted octanol–water partition coefficient (Wildman–Crippen LogP) is 6.15. The highest BCUT2D eigenvalue weighted by Gasteiger charge is 2.11. The van der Waals surface area contributed by atoms with Crippen molar-refractivity contribution in [2.75, 3.05) is 0 Å². The van der Waals surface area contributed by atoms with E-state index in [2.05, 4.69) is 13.8 Å². The summed E-state index contributed by atoms with van der Waals surface area (Å²) in [5, 5.41) is 8.56. The molecular formula is C20H38O3. The Balaban J connectivity index is 3.39. The quantitative estimate of drug-likeness (QED) is 0.326. The van der Waals surface area contributed by atoms with Crippen LogP contribution in [0.25, 0.3) is 0 Å². The Labute approximate surface area is 143 Å². The Hall–Kier alpha value is -0.860. The fourth-order valence-corrected chi connectivity index (χ4v) is 2.92. The van der Waals surface area contributed by atoms with Gasteiger partial charge in [0.1, 0.15) is 5.78 Å². The molecule has 0 rings (SSSR count). The summed E-state index contributed by atoms with van der Waals surface area (Å²) in [5.41, 5.74) is 0. The molecule has 0 aliphatic carbocycles. The Morgan fingerprint density at radius 3 is 1.78 bits per heavy atom. The molecule has 3 heteroatoms. The lowest BCUT2D eigenvalue weighted by atomic mass is 9.94. The van der Waals surface area contributed by atoms with Crippen LogP contribution in [-0.4, -0.2) is 16.9 Å². The summed E-state index contributed by atoms with van der Waals surface area (Å²) in [5.74, 6) is -0.0619. The van der Waals surface area contributed by atoms with Gasteiger partial charge in [-0.05, 0) is 19.3 Å². The highest BCUT2D eigenvalue weighted by molar-refractivity contribution is 5.80. The average molecular weight is 327 g/mol. The number of ketones is 1. The van der Waals surface area contributed by atoms with Crippen molar-refractivity contribution >= 4 is 11.8 Å². The van der Waals surface area contributed by atoms with Gasteiger partial charge < -0.3 is 5.11 Å². The van der Waals surface area contributed by atoms with E-state index in [4.69, 9.17) is 5.11 Å². The summed E-state index contributed by atoms with van der Waals surface area (Å²) in [6.45, 7) is 4.30. The minimum atomic E-state index is -0.699. The molecule has 0 radical (unpaired) electrons. The largest absolute Gasteiger partial charge is 0.481 e. The molecule has 0 amide bonds. The second-order valence-electron chi connectivity index (χ2n) is 6.94. The van der Waals surface area contributed by atoms with Gasteiger partial charge in [0.25, 0.3) is 0 Å². The van der Waals surface area contributed by atoms with Gasteiger partial charge >= 0.3 is 5.97 Å². The van der Waals surface area contributed by atoms with Crippen LogP contribution in [0, 0.1) is 5.92 Å². The lowest BCUT2D eigenvalue weighted by Crippen LogP contribution is -2.10. The van der Waals surface area contributed by atoms with Crippen molar-refractivity contribution in [2.24, 2.45) is 5.92 Å². The number of carbonyl (C=O) groups excluding carboxylic acids is 1. The van der Waals surface area contributed by atoms with Crippen LogP contribution in [0.3, 0.4) is 0 Å². The third kappa shape index (κ3) is 15.8. The van der Waals surface area contributed by atoms with Crippen molar-refractivity contribution < 1.29 is 14.7 Å². The number of hydrogen-bond donors (Lipinski definition) is 1. The van der Waals surface area contributed by atoms with E-state index in [1.807, 2.05) is 0 Å². The summed E-state index contributed by atoms with van der Waals surface area (Å²) >= 11 is 0. The molecule has 23 heavy (non-hydrogen) atoms. The van der Waals surface area contributed by atoms with E-state index in [-0.39, 0.29) is 12.3 Å². The van der Waals surface area contributed by atoms with Gasteiger partial charge in [-0.2, -0.15) is 0 Å². The van der Waals surface area contributed by atoms with Gasteiger partial charge in [0.05, 0.1) is 0 Å². The third-order valence-corrected chi connectivity index (χ3v) is 4.60. The van der Waals surface area contributed by atoms with Crippen molar-refractivity contribution in [1.82, 2.24) is 0 Å². The highest BCUT2D eigenvalue weighted by atomic mass is 16.4. The number of carboxylic acids is 1. The fourth-order valence-electron chi connectivity index (χ4n) is 2.92. The molecular weight excluding hydrogens is 288 g/mol. The first-order valence-electron chi connectivity index (χ1n) is 9.82. The summed E-state index contributed by atoms with van der Waals surface area (Å²) in [6, 6.07) is 0. The smallest absolute Gasteiger partial charge is 0.303 e. The van der Waals surface area contributed by atoms with E-state index >= 15 is 0 Å². The van der Waals surface area contributed by atoms with Crippen molar-refractivity contribution in [1.29, 1.82) is 0 Å². The second-order valence-corrected chi connectivity index (χ2v) is 6.94. The van der Waals surface area contributed by atoms with Crippen LogP contribution in [0.4, 0.5) is 0 Å². The Kier molecular flexibility index (Phi) is 15.4. The van der Waals surface area contributed by atoms with Crippen LogP contribution in [0.1, 0.15) is 110 Å². The first kappa shape index (κ1) is 22.1.